The predicted molar refractivity (Wildman–Crippen MR) is 130 cm³/mol. The van der Waals surface area contributed by atoms with Crippen LogP contribution in [-0.4, -0.2) is 32.3 Å². The molecule has 0 bridgehead atoms. The number of sulfonamides is 1. The minimum absolute atomic E-state index is 0.115. The number of hydrogen-bond acceptors (Lipinski definition) is 4. The van der Waals surface area contributed by atoms with E-state index in [1.54, 1.807) is 36.4 Å². The van der Waals surface area contributed by atoms with Gasteiger partial charge in [-0.05, 0) is 92.2 Å². The number of carbonyl (C=O) groups excluding carboxylic acids is 1. The number of nitrogens with zero attached hydrogens (tertiary/aromatic N) is 1. The normalized spacial score (nSPS) is 14.3. The lowest BCUT2D eigenvalue weighted by atomic mass is 10.1. The highest BCUT2D eigenvalue weighted by atomic mass is 79.9. The molecule has 166 valence electrons. The minimum Gasteiger partial charge on any atom is -0.322 e. The molecule has 8 heteroatoms. The number of hydrogen-bond donors (Lipinski definition) is 2. The topological polar surface area (TPSA) is 78.5 Å². The Bertz CT molecular complexity index is 1170. The molecule has 4 rings (SSSR count). The van der Waals surface area contributed by atoms with Gasteiger partial charge in [-0.2, -0.15) is 0 Å². The summed E-state index contributed by atoms with van der Waals surface area (Å²) in [6, 6.07) is 20.6. The fourth-order valence-electron chi connectivity index (χ4n) is 3.61. The Kier molecular flexibility index (Phi) is 6.93. The van der Waals surface area contributed by atoms with E-state index in [0.29, 0.717) is 16.9 Å². The molecule has 1 aliphatic heterocycles. The van der Waals surface area contributed by atoms with E-state index in [1.807, 2.05) is 24.3 Å². The molecule has 6 nitrogen and oxygen atoms in total. The first kappa shape index (κ1) is 22.5. The van der Waals surface area contributed by atoms with Crippen LogP contribution in [0.15, 0.2) is 82.2 Å². The Hall–Kier alpha value is -2.68. The zero-order valence-corrected chi connectivity index (χ0v) is 19.8. The highest BCUT2D eigenvalue weighted by Crippen LogP contribution is 2.21. The second-order valence-electron chi connectivity index (χ2n) is 7.77. The first-order valence-electron chi connectivity index (χ1n) is 10.4. The average Bonchev–Trinajstić information content (AvgIpc) is 3.29. The summed E-state index contributed by atoms with van der Waals surface area (Å²) in [5, 5.41) is 2.82. The summed E-state index contributed by atoms with van der Waals surface area (Å²) in [6.45, 7) is 3.17. The monoisotopic (exact) mass is 513 g/mol. The van der Waals surface area contributed by atoms with Crippen LogP contribution in [0.2, 0.25) is 0 Å². The maximum atomic E-state index is 12.6. The number of anilines is 2. The van der Waals surface area contributed by atoms with Gasteiger partial charge in [0, 0.05) is 28.0 Å². The molecule has 3 aromatic rings. The van der Waals surface area contributed by atoms with Crippen LogP contribution in [0.1, 0.15) is 28.8 Å². The Morgan fingerprint density at radius 1 is 0.844 bits per heavy atom. The van der Waals surface area contributed by atoms with Crippen LogP contribution in [0.5, 0.6) is 0 Å². The lowest BCUT2D eigenvalue weighted by molar-refractivity contribution is 0.102. The smallest absolute Gasteiger partial charge is 0.261 e. The van der Waals surface area contributed by atoms with E-state index in [-0.39, 0.29) is 10.8 Å². The van der Waals surface area contributed by atoms with Gasteiger partial charge in [0.15, 0.2) is 0 Å². The Labute approximate surface area is 196 Å². The molecule has 1 heterocycles. The Morgan fingerprint density at radius 2 is 1.44 bits per heavy atom. The van der Waals surface area contributed by atoms with Gasteiger partial charge in [0.2, 0.25) is 0 Å². The number of benzene rings is 3. The molecule has 1 fully saturated rings. The number of amides is 1. The molecule has 0 aromatic heterocycles. The summed E-state index contributed by atoms with van der Waals surface area (Å²) in [4.78, 5) is 15.1. The van der Waals surface area contributed by atoms with Crippen molar-refractivity contribution in [3.8, 4) is 0 Å². The second-order valence-corrected chi connectivity index (χ2v) is 10.4. The van der Waals surface area contributed by atoms with Crippen LogP contribution in [-0.2, 0) is 16.6 Å². The highest BCUT2D eigenvalue weighted by molar-refractivity contribution is 9.10. The number of likely N-dealkylation sites (tertiary alicyclic amines) is 1. The lowest BCUT2D eigenvalue weighted by Gasteiger charge is -2.14. The molecule has 0 radical (unpaired) electrons. The maximum absolute atomic E-state index is 12.6. The van der Waals surface area contributed by atoms with Crippen molar-refractivity contribution in [3.05, 3.63) is 88.4 Å². The zero-order chi connectivity index (χ0) is 22.6. The molecule has 2 N–H and O–H groups in total. The highest BCUT2D eigenvalue weighted by Gasteiger charge is 2.15. The third-order valence-corrected chi connectivity index (χ3v) is 7.27. The average molecular weight is 514 g/mol. The minimum atomic E-state index is -3.72. The fraction of sp³-hybridized carbons (Fsp3) is 0.208. The summed E-state index contributed by atoms with van der Waals surface area (Å²) in [5.41, 5.74) is 2.75. The molecule has 1 saturated heterocycles. The van der Waals surface area contributed by atoms with Crippen molar-refractivity contribution in [3.63, 3.8) is 0 Å². The van der Waals surface area contributed by atoms with E-state index in [1.165, 1.54) is 30.5 Å². The summed E-state index contributed by atoms with van der Waals surface area (Å²) >= 11 is 3.32. The van der Waals surface area contributed by atoms with Crippen LogP contribution >= 0.6 is 15.9 Å². The maximum Gasteiger partial charge on any atom is 0.261 e. The largest absolute Gasteiger partial charge is 0.322 e. The number of nitrogens with one attached hydrogen (secondary N) is 2. The van der Waals surface area contributed by atoms with Gasteiger partial charge in [-0.1, -0.05) is 28.1 Å². The van der Waals surface area contributed by atoms with Crippen LogP contribution in [0.3, 0.4) is 0 Å². The first-order chi connectivity index (χ1) is 15.4. The van der Waals surface area contributed by atoms with E-state index in [2.05, 4.69) is 30.9 Å². The third kappa shape index (κ3) is 5.76. The molecule has 32 heavy (non-hydrogen) atoms. The predicted octanol–water partition coefficient (Wildman–Crippen LogP) is 5.10. The molecule has 0 unspecified atom stereocenters. The van der Waals surface area contributed by atoms with Gasteiger partial charge in [0.1, 0.15) is 0 Å². The molecule has 1 aliphatic rings. The van der Waals surface area contributed by atoms with Crippen molar-refractivity contribution >= 4 is 43.2 Å². The molecule has 0 atom stereocenters. The van der Waals surface area contributed by atoms with Gasteiger partial charge in [-0.25, -0.2) is 8.42 Å². The molecular formula is C24H24BrN3O3S. The van der Waals surface area contributed by atoms with Crippen molar-refractivity contribution < 1.29 is 13.2 Å². The fourth-order valence-corrected chi connectivity index (χ4v) is 4.94. The Morgan fingerprint density at radius 3 is 2.06 bits per heavy atom. The van der Waals surface area contributed by atoms with Crippen molar-refractivity contribution in [2.75, 3.05) is 23.1 Å². The number of carbonyl (C=O) groups is 1. The third-order valence-electron chi connectivity index (χ3n) is 5.34. The lowest BCUT2D eigenvalue weighted by Crippen LogP contribution is -2.18. The van der Waals surface area contributed by atoms with E-state index in [0.717, 1.165) is 24.1 Å². The zero-order valence-electron chi connectivity index (χ0n) is 17.4. The molecular weight excluding hydrogens is 490 g/mol. The van der Waals surface area contributed by atoms with Crippen LogP contribution in [0.25, 0.3) is 0 Å². The summed E-state index contributed by atoms with van der Waals surface area (Å²) < 4.78 is 28.6. The van der Waals surface area contributed by atoms with E-state index < -0.39 is 10.0 Å². The quantitative estimate of drug-likeness (QED) is 0.460. The SMILES string of the molecule is O=C(Nc1ccc(S(=O)(=O)Nc2ccc(Br)cc2)cc1)c1ccc(CN2CCCC2)cc1. The van der Waals surface area contributed by atoms with Crippen molar-refractivity contribution in [2.45, 2.75) is 24.3 Å². The molecule has 0 aliphatic carbocycles. The van der Waals surface area contributed by atoms with E-state index in [4.69, 9.17) is 0 Å². The van der Waals surface area contributed by atoms with Crippen LogP contribution < -0.4 is 10.0 Å². The van der Waals surface area contributed by atoms with Crippen LogP contribution in [0, 0.1) is 0 Å². The van der Waals surface area contributed by atoms with Gasteiger partial charge >= 0.3 is 0 Å². The van der Waals surface area contributed by atoms with Gasteiger partial charge in [0.05, 0.1) is 4.90 Å². The van der Waals surface area contributed by atoms with E-state index >= 15 is 0 Å². The molecule has 0 spiro atoms. The molecule has 1 amide bonds. The standard InChI is InChI=1S/C24H24BrN3O3S/c25-20-7-9-22(10-8-20)27-32(30,31)23-13-11-21(12-14-23)26-24(29)19-5-3-18(4-6-19)17-28-15-1-2-16-28/h3-14,27H,1-2,15-17H2,(H,26,29). The van der Waals surface area contributed by atoms with Crippen molar-refractivity contribution in [1.82, 2.24) is 4.90 Å². The van der Waals surface area contributed by atoms with E-state index in [9.17, 15) is 13.2 Å². The van der Waals surface area contributed by atoms with Gasteiger partial charge in [-0.3, -0.25) is 14.4 Å². The summed E-state index contributed by atoms with van der Waals surface area (Å²) in [5.74, 6) is -0.235. The van der Waals surface area contributed by atoms with Crippen molar-refractivity contribution in [1.29, 1.82) is 0 Å². The van der Waals surface area contributed by atoms with Gasteiger partial charge in [0.25, 0.3) is 15.9 Å². The molecule has 0 saturated carbocycles. The second kappa shape index (κ2) is 9.85. The summed E-state index contributed by atoms with van der Waals surface area (Å²) in [6.07, 6.45) is 2.50. The Balaban J connectivity index is 1.37. The molecule has 3 aromatic carbocycles. The van der Waals surface area contributed by atoms with Crippen LogP contribution in [0.4, 0.5) is 11.4 Å². The number of halogens is 1. The summed E-state index contributed by atoms with van der Waals surface area (Å²) in [7, 11) is -3.72. The van der Waals surface area contributed by atoms with Crippen molar-refractivity contribution in [2.24, 2.45) is 0 Å². The number of rotatable bonds is 7. The van der Waals surface area contributed by atoms with Gasteiger partial charge < -0.3 is 5.32 Å². The first-order valence-corrected chi connectivity index (χ1v) is 12.7. The van der Waals surface area contributed by atoms with Gasteiger partial charge in [-0.15, -0.1) is 0 Å².